The lowest BCUT2D eigenvalue weighted by Crippen LogP contribution is -2.17. The molecule has 18 heavy (non-hydrogen) atoms. The number of rotatable bonds is 6. The van der Waals surface area contributed by atoms with Crippen LogP contribution in [0.15, 0.2) is 5.38 Å². The minimum Gasteiger partial charge on any atom is -0.469 e. The molecule has 0 aliphatic carbocycles. The zero-order valence-electron chi connectivity index (χ0n) is 11.6. The molecule has 0 aromatic carbocycles. The summed E-state index contributed by atoms with van der Waals surface area (Å²) in [5, 5.41) is 6.53. The van der Waals surface area contributed by atoms with Crippen molar-refractivity contribution < 1.29 is 9.53 Å². The standard InChI is InChI=1S/C13H22N2O2S/c1-13(2,3)12-15-10(9-18-12)8-14-7-5-6-11(16)17-4/h9,14H,5-8H2,1-4H3. The highest BCUT2D eigenvalue weighted by Gasteiger charge is 2.17. The maximum Gasteiger partial charge on any atom is 0.305 e. The Labute approximate surface area is 113 Å². The fourth-order valence-corrected chi connectivity index (χ4v) is 2.32. The molecule has 0 amide bonds. The molecule has 5 heteroatoms. The lowest BCUT2D eigenvalue weighted by atomic mass is 9.98. The smallest absolute Gasteiger partial charge is 0.305 e. The van der Waals surface area contributed by atoms with E-state index in [4.69, 9.17) is 0 Å². The highest BCUT2D eigenvalue weighted by Crippen LogP contribution is 2.25. The summed E-state index contributed by atoms with van der Waals surface area (Å²) < 4.78 is 4.58. The summed E-state index contributed by atoms with van der Waals surface area (Å²) in [6.45, 7) is 8.06. The van der Waals surface area contributed by atoms with Crippen LogP contribution in [-0.4, -0.2) is 24.6 Å². The van der Waals surface area contributed by atoms with E-state index in [1.807, 2.05) is 0 Å². The van der Waals surface area contributed by atoms with E-state index in [0.717, 1.165) is 30.2 Å². The van der Waals surface area contributed by atoms with Gasteiger partial charge in [-0.25, -0.2) is 4.98 Å². The number of ether oxygens (including phenoxy) is 1. The van der Waals surface area contributed by atoms with E-state index in [1.165, 1.54) is 7.11 Å². The minimum absolute atomic E-state index is 0.119. The van der Waals surface area contributed by atoms with Crippen molar-refractivity contribution in [2.75, 3.05) is 13.7 Å². The van der Waals surface area contributed by atoms with Crippen LogP contribution in [0.2, 0.25) is 0 Å². The zero-order chi connectivity index (χ0) is 13.6. The van der Waals surface area contributed by atoms with E-state index in [2.05, 4.69) is 41.2 Å². The number of esters is 1. The summed E-state index contributed by atoms with van der Waals surface area (Å²) in [6.07, 6.45) is 1.26. The van der Waals surface area contributed by atoms with Crippen molar-refractivity contribution >= 4 is 17.3 Å². The number of hydrogen-bond donors (Lipinski definition) is 1. The van der Waals surface area contributed by atoms with Gasteiger partial charge in [0, 0.05) is 23.8 Å². The Morgan fingerprint density at radius 3 is 2.78 bits per heavy atom. The van der Waals surface area contributed by atoms with Gasteiger partial charge in [-0.15, -0.1) is 11.3 Å². The molecule has 1 heterocycles. The molecule has 0 aliphatic rings. The molecule has 1 aromatic heterocycles. The first kappa shape index (κ1) is 15.1. The maximum absolute atomic E-state index is 10.9. The van der Waals surface area contributed by atoms with Crippen LogP contribution in [0.5, 0.6) is 0 Å². The maximum atomic E-state index is 10.9. The van der Waals surface area contributed by atoms with Gasteiger partial charge in [0.2, 0.25) is 0 Å². The first-order chi connectivity index (χ1) is 8.43. The molecule has 0 bridgehead atoms. The summed E-state index contributed by atoms with van der Waals surface area (Å²) in [6, 6.07) is 0. The first-order valence-electron chi connectivity index (χ1n) is 6.16. The number of hydrogen-bond acceptors (Lipinski definition) is 5. The summed E-state index contributed by atoms with van der Waals surface area (Å²) in [5.74, 6) is -0.152. The molecule has 0 saturated carbocycles. The Balaban J connectivity index is 2.24. The molecular formula is C13H22N2O2S. The van der Waals surface area contributed by atoms with Crippen LogP contribution in [0.3, 0.4) is 0 Å². The molecule has 0 aliphatic heterocycles. The molecule has 4 nitrogen and oxygen atoms in total. The summed E-state index contributed by atoms with van der Waals surface area (Å²) in [4.78, 5) is 15.5. The lowest BCUT2D eigenvalue weighted by Gasteiger charge is -2.13. The van der Waals surface area contributed by atoms with Crippen LogP contribution >= 0.6 is 11.3 Å². The molecule has 0 saturated heterocycles. The van der Waals surface area contributed by atoms with Crippen LogP contribution in [0.1, 0.15) is 44.3 Å². The molecule has 0 radical (unpaired) electrons. The number of nitrogens with zero attached hydrogens (tertiary/aromatic N) is 1. The topological polar surface area (TPSA) is 51.2 Å². The Morgan fingerprint density at radius 2 is 2.22 bits per heavy atom. The molecule has 1 aromatic rings. The largest absolute Gasteiger partial charge is 0.469 e. The first-order valence-corrected chi connectivity index (χ1v) is 7.04. The Bertz CT molecular complexity index is 383. The number of aromatic nitrogens is 1. The highest BCUT2D eigenvalue weighted by molar-refractivity contribution is 7.09. The fraction of sp³-hybridized carbons (Fsp3) is 0.692. The molecule has 0 spiro atoms. The van der Waals surface area contributed by atoms with Gasteiger partial charge in [0.25, 0.3) is 0 Å². The van der Waals surface area contributed by atoms with Gasteiger partial charge >= 0.3 is 5.97 Å². The van der Waals surface area contributed by atoms with Gasteiger partial charge in [0.1, 0.15) is 0 Å². The molecule has 102 valence electrons. The lowest BCUT2D eigenvalue weighted by molar-refractivity contribution is -0.140. The second-order valence-electron chi connectivity index (χ2n) is 5.25. The number of nitrogens with one attached hydrogen (secondary N) is 1. The van der Waals surface area contributed by atoms with Crippen LogP contribution < -0.4 is 5.32 Å². The van der Waals surface area contributed by atoms with Crippen molar-refractivity contribution in [3.8, 4) is 0 Å². The van der Waals surface area contributed by atoms with Gasteiger partial charge in [0.15, 0.2) is 0 Å². The van der Waals surface area contributed by atoms with Crippen LogP contribution in [0, 0.1) is 0 Å². The highest BCUT2D eigenvalue weighted by atomic mass is 32.1. The number of thiazole rings is 1. The van der Waals surface area contributed by atoms with Crippen LogP contribution in [-0.2, 0) is 21.5 Å². The Hall–Kier alpha value is -0.940. The average molecular weight is 270 g/mol. The second kappa shape index (κ2) is 6.85. The third kappa shape index (κ3) is 5.14. The van der Waals surface area contributed by atoms with Crippen molar-refractivity contribution in [1.82, 2.24) is 10.3 Å². The van der Waals surface area contributed by atoms with Gasteiger partial charge in [0.05, 0.1) is 17.8 Å². The Morgan fingerprint density at radius 1 is 1.50 bits per heavy atom. The third-order valence-corrected chi connectivity index (χ3v) is 3.78. The van der Waals surface area contributed by atoms with E-state index < -0.39 is 0 Å². The van der Waals surface area contributed by atoms with Gasteiger partial charge in [-0.1, -0.05) is 20.8 Å². The summed E-state index contributed by atoms with van der Waals surface area (Å²) in [7, 11) is 1.42. The monoisotopic (exact) mass is 270 g/mol. The fourth-order valence-electron chi connectivity index (χ4n) is 1.41. The van der Waals surface area contributed by atoms with Crippen molar-refractivity contribution in [3.63, 3.8) is 0 Å². The molecule has 1 N–H and O–H groups in total. The summed E-state index contributed by atoms with van der Waals surface area (Å²) >= 11 is 1.70. The second-order valence-corrected chi connectivity index (χ2v) is 6.11. The minimum atomic E-state index is -0.152. The van der Waals surface area contributed by atoms with Gasteiger partial charge in [-0.2, -0.15) is 0 Å². The average Bonchev–Trinajstić information content (AvgIpc) is 2.76. The molecule has 0 atom stereocenters. The number of methoxy groups -OCH3 is 1. The van der Waals surface area contributed by atoms with E-state index in [9.17, 15) is 4.79 Å². The third-order valence-electron chi connectivity index (χ3n) is 2.46. The van der Waals surface area contributed by atoms with Crippen LogP contribution in [0.25, 0.3) is 0 Å². The molecular weight excluding hydrogens is 248 g/mol. The van der Waals surface area contributed by atoms with E-state index in [1.54, 1.807) is 11.3 Å². The van der Waals surface area contributed by atoms with Gasteiger partial charge in [-0.05, 0) is 13.0 Å². The summed E-state index contributed by atoms with van der Waals surface area (Å²) in [5.41, 5.74) is 1.19. The molecule has 0 unspecified atom stereocenters. The molecule has 1 rings (SSSR count). The van der Waals surface area contributed by atoms with Gasteiger partial charge in [-0.3, -0.25) is 4.79 Å². The van der Waals surface area contributed by atoms with E-state index in [0.29, 0.717) is 6.42 Å². The normalized spacial score (nSPS) is 11.6. The predicted molar refractivity (Wildman–Crippen MR) is 73.8 cm³/mol. The predicted octanol–water partition coefficient (Wildman–Crippen LogP) is 2.48. The van der Waals surface area contributed by atoms with E-state index >= 15 is 0 Å². The van der Waals surface area contributed by atoms with Crippen molar-refractivity contribution in [1.29, 1.82) is 0 Å². The van der Waals surface area contributed by atoms with Crippen molar-refractivity contribution in [3.05, 3.63) is 16.1 Å². The van der Waals surface area contributed by atoms with Crippen molar-refractivity contribution in [2.24, 2.45) is 0 Å². The Kier molecular flexibility index (Phi) is 5.75. The van der Waals surface area contributed by atoms with Crippen molar-refractivity contribution in [2.45, 2.75) is 45.6 Å². The van der Waals surface area contributed by atoms with Crippen LogP contribution in [0.4, 0.5) is 0 Å². The SMILES string of the molecule is COC(=O)CCCNCc1csc(C(C)(C)C)n1. The number of carbonyl (C=O) groups is 1. The van der Waals surface area contributed by atoms with E-state index in [-0.39, 0.29) is 11.4 Å². The number of carbonyl (C=O) groups excluding carboxylic acids is 1. The molecule has 0 fully saturated rings. The van der Waals surface area contributed by atoms with Gasteiger partial charge < -0.3 is 10.1 Å². The zero-order valence-corrected chi connectivity index (χ0v) is 12.4. The quantitative estimate of drug-likeness (QED) is 0.637.